The summed E-state index contributed by atoms with van der Waals surface area (Å²) in [5, 5.41) is 6.11. The molecule has 3 aromatic rings. The lowest BCUT2D eigenvalue weighted by molar-refractivity contribution is 0.445. The van der Waals surface area contributed by atoms with Crippen LogP contribution in [0.1, 0.15) is 29.6 Å². The number of hydrogen-bond donors (Lipinski definition) is 0. The third kappa shape index (κ3) is 4.03. The van der Waals surface area contributed by atoms with E-state index in [1.807, 2.05) is 43.7 Å². The van der Waals surface area contributed by atoms with Crippen LogP contribution in [0.25, 0.3) is 11.3 Å². The van der Waals surface area contributed by atoms with Gasteiger partial charge in [-0.05, 0) is 19.1 Å². The summed E-state index contributed by atoms with van der Waals surface area (Å²) < 4.78 is 26.6. The van der Waals surface area contributed by atoms with Gasteiger partial charge in [0.2, 0.25) is 10.0 Å². The van der Waals surface area contributed by atoms with E-state index in [1.54, 1.807) is 34.8 Å². The van der Waals surface area contributed by atoms with Crippen LogP contribution in [0, 0.1) is 6.92 Å². The van der Waals surface area contributed by atoms with Crippen LogP contribution in [0.5, 0.6) is 0 Å². The first kappa shape index (κ1) is 19.2. The van der Waals surface area contributed by atoms with Crippen LogP contribution >= 0.6 is 22.7 Å². The van der Waals surface area contributed by atoms with Crippen LogP contribution in [-0.4, -0.2) is 35.8 Å². The quantitative estimate of drug-likeness (QED) is 0.589. The van der Waals surface area contributed by atoms with Gasteiger partial charge in [0.15, 0.2) is 0 Å². The molecule has 0 amide bonds. The molecule has 0 bridgehead atoms. The van der Waals surface area contributed by atoms with E-state index in [9.17, 15) is 8.42 Å². The molecule has 0 N–H and O–H groups in total. The summed E-state index contributed by atoms with van der Waals surface area (Å²) >= 11 is 3.24. The molecule has 26 heavy (non-hydrogen) atoms. The predicted octanol–water partition coefficient (Wildman–Crippen LogP) is 4.20. The third-order valence-corrected chi connectivity index (χ3v) is 7.89. The Bertz CT molecular complexity index is 971. The zero-order chi connectivity index (χ0) is 18.7. The zero-order valence-electron chi connectivity index (χ0n) is 15.0. The maximum atomic E-state index is 12.6. The van der Waals surface area contributed by atoms with E-state index < -0.39 is 10.0 Å². The number of hydrogen-bond acceptors (Lipinski definition) is 6. The maximum absolute atomic E-state index is 12.6. The molecule has 0 aliphatic rings. The molecular weight excluding hydrogens is 386 g/mol. The number of rotatable bonds is 7. The highest BCUT2D eigenvalue weighted by atomic mass is 32.2. The number of thiazole rings is 2. The van der Waals surface area contributed by atoms with Crippen molar-refractivity contribution in [2.75, 3.05) is 13.1 Å². The molecule has 1 aromatic carbocycles. The summed E-state index contributed by atoms with van der Waals surface area (Å²) in [6, 6.07) is 6.96. The smallest absolute Gasteiger partial charge is 0.243 e. The Balaban J connectivity index is 1.79. The van der Waals surface area contributed by atoms with E-state index in [4.69, 9.17) is 0 Å². The molecule has 0 radical (unpaired) electrons. The number of aromatic nitrogens is 2. The molecule has 138 valence electrons. The molecule has 2 aromatic heterocycles. The van der Waals surface area contributed by atoms with Gasteiger partial charge in [-0.1, -0.05) is 26.0 Å². The van der Waals surface area contributed by atoms with Gasteiger partial charge in [-0.25, -0.2) is 18.4 Å². The molecule has 0 spiro atoms. The van der Waals surface area contributed by atoms with Gasteiger partial charge in [0, 0.05) is 35.1 Å². The third-order valence-electron chi connectivity index (χ3n) is 4.01. The van der Waals surface area contributed by atoms with Crippen molar-refractivity contribution in [3.63, 3.8) is 0 Å². The van der Waals surface area contributed by atoms with E-state index in [2.05, 4.69) is 9.97 Å². The largest absolute Gasteiger partial charge is 0.246 e. The highest BCUT2D eigenvalue weighted by Crippen LogP contribution is 2.26. The lowest BCUT2D eigenvalue weighted by Gasteiger charge is -2.18. The second-order valence-corrected chi connectivity index (χ2v) is 9.62. The van der Waals surface area contributed by atoms with Crippen LogP contribution in [0.3, 0.4) is 0 Å². The van der Waals surface area contributed by atoms with Crippen LogP contribution in [0.4, 0.5) is 0 Å². The van der Waals surface area contributed by atoms with Crippen LogP contribution in [0.15, 0.2) is 39.9 Å². The summed E-state index contributed by atoms with van der Waals surface area (Å²) in [5.74, 6) is 0. The van der Waals surface area contributed by atoms with E-state index in [-0.39, 0.29) is 0 Å². The monoisotopic (exact) mass is 407 g/mol. The lowest BCUT2D eigenvalue weighted by atomic mass is 10.2. The molecule has 5 nitrogen and oxygen atoms in total. The number of nitrogens with zero attached hydrogens (tertiary/aromatic N) is 3. The molecular formula is C18H21N3O2S3. The van der Waals surface area contributed by atoms with Gasteiger partial charge in [0.1, 0.15) is 5.01 Å². The van der Waals surface area contributed by atoms with Crippen LogP contribution in [-0.2, 0) is 16.4 Å². The van der Waals surface area contributed by atoms with Gasteiger partial charge in [-0.15, -0.1) is 22.7 Å². The highest BCUT2D eigenvalue weighted by Gasteiger charge is 2.21. The van der Waals surface area contributed by atoms with E-state index in [0.717, 1.165) is 33.4 Å². The maximum Gasteiger partial charge on any atom is 0.243 e. The predicted molar refractivity (Wildman–Crippen MR) is 107 cm³/mol. The Labute approximate surface area is 162 Å². The van der Waals surface area contributed by atoms with Gasteiger partial charge in [-0.2, -0.15) is 4.31 Å². The van der Waals surface area contributed by atoms with Gasteiger partial charge in [0.25, 0.3) is 0 Å². The summed E-state index contributed by atoms with van der Waals surface area (Å²) in [7, 11) is -3.42. The lowest BCUT2D eigenvalue weighted by Crippen LogP contribution is -2.30. The Morgan fingerprint density at radius 2 is 1.58 bits per heavy atom. The van der Waals surface area contributed by atoms with Gasteiger partial charge < -0.3 is 0 Å². The minimum Gasteiger partial charge on any atom is -0.246 e. The molecule has 0 fully saturated rings. The van der Waals surface area contributed by atoms with E-state index in [0.29, 0.717) is 18.0 Å². The number of aryl methyl sites for hydroxylation is 1. The van der Waals surface area contributed by atoms with Crippen molar-refractivity contribution in [2.24, 2.45) is 0 Å². The van der Waals surface area contributed by atoms with Gasteiger partial charge in [0.05, 0.1) is 22.0 Å². The fraction of sp³-hybridized carbons (Fsp3) is 0.333. The van der Waals surface area contributed by atoms with Crippen molar-refractivity contribution in [1.29, 1.82) is 0 Å². The van der Waals surface area contributed by atoms with Crippen LogP contribution < -0.4 is 0 Å². The summed E-state index contributed by atoms with van der Waals surface area (Å²) in [5.41, 5.74) is 2.82. The standard InChI is InChI=1S/C18H21N3O2S3/c1-4-21(5-2)26(22,23)15-8-6-14(7-9-15)16-12-25-18(20-16)10-17-19-13(3)11-24-17/h6-9,11-12H,4-5,10H2,1-3H3. The Kier molecular flexibility index (Phi) is 5.86. The van der Waals surface area contributed by atoms with Gasteiger partial charge in [-0.3, -0.25) is 0 Å². The Morgan fingerprint density at radius 3 is 2.15 bits per heavy atom. The Morgan fingerprint density at radius 1 is 0.962 bits per heavy atom. The Hall–Kier alpha value is -1.61. The fourth-order valence-electron chi connectivity index (χ4n) is 2.65. The summed E-state index contributed by atoms with van der Waals surface area (Å²) in [6.45, 7) is 6.60. The molecule has 3 rings (SSSR count). The minimum atomic E-state index is -3.42. The van der Waals surface area contributed by atoms with E-state index in [1.165, 1.54) is 4.31 Å². The van der Waals surface area contributed by atoms with E-state index >= 15 is 0 Å². The molecule has 0 aliphatic carbocycles. The number of benzene rings is 1. The second kappa shape index (κ2) is 7.96. The molecule has 0 unspecified atom stereocenters. The minimum absolute atomic E-state index is 0.318. The molecule has 0 atom stereocenters. The summed E-state index contributed by atoms with van der Waals surface area (Å²) in [4.78, 5) is 9.46. The average molecular weight is 408 g/mol. The van der Waals surface area contributed by atoms with Crippen molar-refractivity contribution >= 4 is 32.7 Å². The first-order chi connectivity index (χ1) is 12.4. The zero-order valence-corrected chi connectivity index (χ0v) is 17.4. The van der Waals surface area contributed by atoms with Crippen molar-refractivity contribution in [1.82, 2.24) is 14.3 Å². The van der Waals surface area contributed by atoms with Crippen molar-refractivity contribution in [3.05, 3.63) is 50.7 Å². The molecule has 0 saturated heterocycles. The van der Waals surface area contributed by atoms with Gasteiger partial charge >= 0.3 is 0 Å². The average Bonchev–Trinajstić information content (AvgIpc) is 3.25. The van der Waals surface area contributed by atoms with Crippen molar-refractivity contribution in [3.8, 4) is 11.3 Å². The van der Waals surface area contributed by atoms with Crippen LogP contribution in [0.2, 0.25) is 0 Å². The molecule has 0 saturated carbocycles. The van der Waals surface area contributed by atoms with Crippen molar-refractivity contribution < 1.29 is 8.42 Å². The topological polar surface area (TPSA) is 63.2 Å². The molecule has 2 heterocycles. The molecule has 0 aliphatic heterocycles. The SMILES string of the molecule is CCN(CC)S(=O)(=O)c1ccc(-c2csc(Cc3nc(C)cs3)n2)cc1. The first-order valence-corrected chi connectivity index (χ1v) is 11.6. The second-order valence-electron chi connectivity index (χ2n) is 5.80. The molecule has 8 heteroatoms. The normalized spacial score (nSPS) is 12.0. The van der Waals surface area contributed by atoms with Crippen molar-refractivity contribution in [2.45, 2.75) is 32.1 Å². The number of sulfonamides is 1. The summed E-state index contributed by atoms with van der Waals surface area (Å²) in [6.07, 6.45) is 0.734. The first-order valence-electron chi connectivity index (χ1n) is 8.40. The highest BCUT2D eigenvalue weighted by molar-refractivity contribution is 7.89. The fourth-order valence-corrected chi connectivity index (χ4v) is 5.78.